The minimum atomic E-state index is -0.568. The van der Waals surface area contributed by atoms with Crippen molar-refractivity contribution in [3.05, 3.63) is 40.1 Å². The zero-order chi connectivity index (χ0) is 11.5. The highest BCUT2D eigenvalue weighted by molar-refractivity contribution is 5.23. The van der Waals surface area contributed by atoms with Gasteiger partial charge in [0.2, 0.25) is 0 Å². The monoisotopic (exact) mass is 209 g/mol. The molecule has 0 aliphatic heterocycles. The van der Waals surface area contributed by atoms with Gasteiger partial charge in [0.05, 0.1) is 5.54 Å². The molecule has 0 saturated heterocycles. The molecule has 3 heteroatoms. The van der Waals surface area contributed by atoms with Gasteiger partial charge in [0, 0.05) is 0 Å². The molecule has 0 atom stereocenters. The molecule has 15 heavy (non-hydrogen) atoms. The molecule has 0 spiro atoms. The first-order valence-electron chi connectivity index (χ1n) is 5.04. The number of benzene rings is 1. The number of halogens is 1. The Balaban J connectivity index is 2.66. The van der Waals surface area contributed by atoms with Crippen molar-refractivity contribution in [2.24, 2.45) is 5.18 Å². The molecule has 0 N–H and O–H groups in total. The highest BCUT2D eigenvalue weighted by Crippen LogP contribution is 2.18. The van der Waals surface area contributed by atoms with Gasteiger partial charge in [0.1, 0.15) is 5.82 Å². The lowest BCUT2D eigenvalue weighted by molar-refractivity contribution is 0.475. The molecule has 0 amide bonds. The van der Waals surface area contributed by atoms with Gasteiger partial charge in [-0.05, 0) is 50.8 Å². The van der Waals surface area contributed by atoms with Crippen molar-refractivity contribution >= 4 is 0 Å². The fourth-order valence-corrected chi connectivity index (χ4v) is 1.29. The molecule has 0 saturated carbocycles. The maximum absolute atomic E-state index is 13.2. The van der Waals surface area contributed by atoms with Crippen LogP contribution in [-0.2, 0) is 6.42 Å². The molecule has 82 valence electrons. The van der Waals surface area contributed by atoms with E-state index >= 15 is 0 Å². The van der Waals surface area contributed by atoms with Crippen LogP contribution in [0.1, 0.15) is 31.4 Å². The van der Waals surface area contributed by atoms with Crippen molar-refractivity contribution in [1.29, 1.82) is 0 Å². The number of nitroso groups, excluding NO2 is 1. The van der Waals surface area contributed by atoms with Gasteiger partial charge in [-0.1, -0.05) is 17.3 Å². The minimum absolute atomic E-state index is 0.190. The first-order valence-corrected chi connectivity index (χ1v) is 5.04. The first kappa shape index (κ1) is 11.8. The summed E-state index contributed by atoms with van der Waals surface area (Å²) >= 11 is 0. The van der Waals surface area contributed by atoms with E-state index in [0.29, 0.717) is 18.4 Å². The van der Waals surface area contributed by atoms with E-state index in [9.17, 15) is 9.30 Å². The maximum atomic E-state index is 13.2. The minimum Gasteiger partial charge on any atom is -0.207 e. The zero-order valence-electron chi connectivity index (χ0n) is 9.38. The van der Waals surface area contributed by atoms with Crippen LogP contribution in [0.15, 0.2) is 23.4 Å². The van der Waals surface area contributed by atoms with Gasteiger partial charge >= 0.3 is 0 Å². The molecule has 0 aromatic heterocycles. The van der Waals surface area contributed by atoms with Gasteiger partial charge in [0.15, 0.2) is 0 Å². The van der Waals surface area contributed by atoms with Gasteiger partial charge < -0.3 is 0 Å². The lowest BCUT2D eigenvalue weighted by atomic mass is 9.96. The predicted octanol–water partition coefficient (Wildman–Crippen LogP) is 3.61. The topological polar surface area (TPSA) is 29.4 Å². The van der Waals surface area contributed by atoms with Crippen molar-refractivity contribution in [2.45, 2.75) is 39.2 Å². The quantitative estimate of drug-likeness (QED) is 0.696. The lowest BCUT2D eigenvalue weighted by Gasteiger charge is -2.14. The van der Waals surface area contributed by atoms with E-state index < -0.39 is 5.54 Å². The maximum Gasteiger partial charge on any atom is 0.126 e. The third kappa shape index (κ3) is 3.42. The Morgan fingerprint density at radius 3 is 2.60 bits per heavy atom. The molecule has 1 aromatic carbocycles. The van der Waals surface area contributed by atoms with Gasteiger partial charge in [-0.3, -0.25) is 0 Å². The van der Waals surface area contributed by atoms with Crippen molar-refractivity contribution in [1.82, 2.24) is 0 Å². The summed E-state index contributed by atoms with van der Waals surface area (Å²) in [7, 11) is 0. The van der Waals surface area contributed by atoms with E-state index in [1.54, 1.807) is 26.8 Å². The molecule has 2 nitrogen and oxygen atoms in total. The van der Waals surface area contributed by atoms with Crippen LogP contribution in [0.25, 0.3) is 0 Å². The number of hydrogen-bond acceptors (Lipinski definition) is 2. The van der Waals surface area contributed by atoms with Crippen LogP contribution in [0.5, 0.6) is 0 Å². The first-order chi connectivity index (χ1) is 6.94. The zero-order valence-corrected chi connectivity index (χ0v) is 9.38. The van der Waals surface area contributed by atoms with E-state index in [1.165, 1.54) is 6.07 Å². The number of rotatable bonds is 4. The summed E-state index contributed by atoms with van der Waals surface area (Å²) in [5, 5.41) is 3.03. The molecular formula is C12H16FNO. The van der Waals surface area contributed by atoms with Crippen LogP contribution in [0.3, 0.4) is 0 Å². The molecule has 1 aromatic rings. The average Bonchev–Trinajstić information content (AvgIpc) is 2.20. The van der Waals surface area contributed by atoms with Crippen LogP contribution in [0.4, 0.5) is 4.39 Å². The Morgan fingerprint density at radius 2 is 2.07 bits per heavy atom. The summed E-state index contributed by atoms with van der Waals surface area (Å²) in [6.07, 6.45) is 1.31. The van der Waals surface area contributed by atoms with Gasteiger partial charge in [0.25, 0.3) is 0 Å². The Morgan fingerprint density at radius 1 is 1.40 bits per heavy atom. The highest BCUT2D eigenvalue weighted by Gasteiger charge is 2.17. The molecule has 1 rings (SSSR count). The Hall–Kier alpha value is -1.25. The molecule has 0 radical (unpaired) electrons. The standard InChI is InChI=1S/C12H16FNO/c1-9-4-5-10(8-11(9)13)6-7-12(2,3)14-15/h4-5,8H,6-7H2,1-3H3. The molecular weight excluding hydrogens is 193 g/mol. The van der Waals surface area contributed by atoms with Crippen LogP contribution in [0.2, 0.25) is 0 Å². The Kier molecular flexibility index (Phi) is 3.56. The molecule has 0 aliphatic rings. The van der Waals surface area contributed by atoms with Gasteiger partial charge in [-0.15, -0.1) is 0 Å². The second-order valence-electron chi connectivity index (χ2n) is 4.49. The van der Waals surface area contributed by atoms with Crippen LogP contribution >= 0.6 is 0 Å². The van der Waals surface area contributed by atoms with E-state index in [1.807, 2.05) is 6.07 Å². The third-order valence-electron chi connectivity index (χ3n) is 2.51. The Labute approximate surface area is 89.5 Å². The van der Waals surface area contributed by atoms with Gasteiger partial charge in [-0.25, -0.2) is 4.39 Å². The second-order valence-corrected chi connectivity index (χ2v) is 4.49. The predicted molar refractivity (Wildman–Crippen MR) is 59.3 cm³/mol. The molecule has 0 bridgehead atoms. The van der Waals surface area contributed by atoms with Crippen LogP contribution in [0, 0.1) is 17.6 Å². The summed E-state index contributed by atoms with van der Waals surface area (Å²) in [5.41, 5.74) is 0.989. The third-order valence-corrected chi connectivity index (χ3v) is 2.51. The molecule has 0 heterocycles. The number of hydrogen-bond donors (Lipinski definition) is 0. The van der Waals surface area contributed by atoms with E-state index in [4.69, 9.17) is 0 Å². The summed E-state index contributed by atoms with van der Waals surface area (Å²) < 4.78 is 13.2. The molecule has 0 aliphatic carbocycles. The lowest BCUT2D eigenvalue weighted by Crippen LogP contribution is -2.16. The van der Waals surface area contributed by atoms with E-state index in [2.05, 4.69) is 5.18 Å². The van der Waals surface area contributed by atoms with E-state index in [-0.39, 0.29) is 5.82 Å². The Bertz CT molecular complexity index is 361. The summed E-state index contributed by atoms with van der Waals surface area (Å²) in [6, 6.07) is 5.17. The summed E-state index contributed by atoms with van der Waals surface area (Å²) in [6.45, 7) is 5.30. The fourth-order valence-electron chi connectivity index (χ4n) is 1.29. The smallest absolute Gasteiger partial charge is 0.126 e. The average molecular weight is 209 g/mol. The van der Waals surface area contributed by atoms with Crippen molar-refractivity contribution in [3.8, 4) is 0 Å². The highest BCUT2D eigenvalue weighted by atomic mass is 19.1. The number of nitrogens with zero attached hydrogens (tertiary/aromatic N) is 1. The largest absolute Gasteiger partial charge is 0.207 e. The van der Waals surface area contributed by atoms with Gasteiger partial charge in [-0.2, -0.15) is 4.91 Å². The molecule has 0 unspecified atom stereocenters. The van der Waals surface area contributed by atoms with Crippen molar-refractivity contribution < 1.29 is 4.39 Å². The van der Waals surface area contributed by atoms with E-state index in [0.717, 1.165) is 5.56 Å². The summed E-state index contributed by atoms with van der Waals surface area (Å²) in [5.74, 6) is -0.190. The van der Waals surface area contributed by atoms with Crippen molar-refractivity contribution in [2.75, 3.05) is 0 Å². The number of aryl methyl sites for hydroxylation is 2. The summed E-state index contributed by atoms with van der Waals surface area (Å²) in [4.78, 5) is 10.4. The van der Waals surface area contributed by atoms with Crippen LogP contribution < -0.4 is 0 Å². The van der Waals surface area contributed by atoms with Crippen LogP contribution in [-0.4, -0.2) is 5.54 Å². The SMILES string of the molecule is Cc1ccc(CCC(C)(C)N=O)cc1F. The molecule has 0 fully saturated rings. The fraction of sp³-hybridized carbons (Fsp3) is 0.500. The normalized spacial score (nSPS) is 11.5. The van der Waals surface area contributed by atoms with Crippen molar-refractivity contribution in [3.63, 3.8) is 0 Å². The second kappa shape index (κ2) is 4.51.